The van der Waals surface area contributed by atoms with E-state index < -0.39 is 0 Å². The first-order chi connectivity index (χ1) is 10.2. The normalized spacial score (nSPS) is 11.1. The van der Waals surface area contributed by atoms with E-state index >= 15 is 0 Å². The maximum Gasteiger partial charge on any atom is 0.125 e. The third kappa shape index (κ3) is 2.75. The smallest absolute Gasteiger partial charge is 0.125 e. The number of phenols is 1. The molecule has 3 aromatic rings. The monoisotopic (exact) mass is 284 g/mol. The van der Waals surface area contributed by atoms with Crippen molar-refractivity contribution in [2.45, 2.75) is 26.3 Å². The van der Waals surface area contributed by atoms with Crippen molar-refractivity contribution < 1.29 is 9.50 Å². The number of aromatic hydroxyl groups is 1. The molecule has 0 saturated carbocycles. The summed E-state index contributed by atoms with van der Waals surface area (Å²) >= 11 is 0. The Kier molecular flexibility index (Phi) is 3.60. The lowest BCUT2D eigenvalue weighted by molar-refractivity contribution is 0.475. The first kappa shape index (κ1) is 13.6. The third-order valence-electron chi connectivity index (χ3n) is 3.54. The van der Waals surface area contributed by atoms with Gasteiger partial charge in [0.2, 0.25) is 0 Å². The molecule has 0 radical (unpaired) electrons. The summed E-state index contributed by atoms with van der Waals surface area (Å²) in [5.74, 6) is 0.932. The van der Waals surface area contributed by atoms with Crippen LogP contribution in [0.25, 0.3) is 11.0 Å². The molecular weight excluding hydrogens is 267 g/mol. The maximum atomic E-state index is 13.5. The van der Waals surface area contributed by atoms with Crippen molar-refractivity contribution >= 4 is 11.0 Å². The van der Waals surface area contributed by atoms with Crippen LogP contribution in [0.2, 0.25) is 0 Å². The SMILES string of the molecule is CCCn1c(Cc2ccc(O)cc2)nc2ccc(F)cc21. The number of fused-ring (bicyclic) bond motifs is 1. The second-order valence-corrected chi connectivity index (χ2v) is 5.16. The van der Waals surface area contributed by atoms with Crippen molar-refractivity contribution in [3.63, 3.8) is 0 Å². The van der Waals surface area contributed by atoms with Gasteiger partial charge in [-0.2, -0.15) is 0 Å². The first-order valence-electron chi connectivity index (χ1n) is 7.10. The molecule has 4 heteroatoms. The van der Waals surface area contributed by atoms with Crippen LogP contribution in [0.4, 0.5) is 4.39 Å². The van der Waals surface area contributed by atoms with Gasteiger partial charge in [0.1, 0.15) is 17.4 Å². The van der Waals surface area contributed by atoms with Crippen LogP contribution >= 0.6 is 0 Å². The highest BCUT2D eigenvalue weighted by Crippen LogP contribution is 2.21. The summed E-state index contributed by atoms with van der Waals surface area (Å²) in [6.07, 6.45) is 1.63. The third-order valence-corrected chi connectivity index (χ3v) is 3.54. The zero-order valence-electron chi connectivity index (χ0n) is 11.9. The molecule has 0 aliphatic carbocycles. The Morgan fingerprint density at radius 2 is 1.90 bits per heavy atom. The van der Waals surface area contributed by atoms with Gasteiger partial charge in [-0.05, 0) is 42.3 Å². The standard InChI is InChI=1S/C17H17FN2O/c1-2-9-20-16-11-13(18)5-8-15(16)19-17(20)10-12-3-6-14(21)7-4-12/h3-8,11,21H,2,9-10H2,1H3. The molecule has 0 saturated heterocycles. The minimum Gasteiger partial charge on any atom is -0.508 e. The Morgan fingerprint density at radius 3 is 2.62 bits per heavy atom. The summed E-state index contributed by atoms with van der Waals surface area (Å²) in [5, 5.41) is 9.34. The summed E-state index contributed by atoms with van der Waals surface area (Å²) in [6, 6.07) is 11.8. The van der Waals surface area contributed by atoms with Crippen molar-refractivity contribution in [1.82, 2.24) is 9.55 Å². The molecule has 0 unspecified atom stereocenters. The Bertz CT molecular complexity index is 762. The molecule has 0 aliphatic heterocycles. The van der Waals surface area contributed by atoms with Gasteiger partial charge in [0.15, 0.2) is 0 Å². The van der Waals surface area contributed by atoms with Crippen LogP contribution in [0, 0.1) is 5.82 Å². The van der Waals surface area contributed by atoms with Gasteiger partial charge in [-0.25, -0.2) is 9.37 Å². The summed E-state index contributed by atoms with van der Waals surface area (Å²) in [7, 11) is 0. The highest BCUT2D eigenvalue weighted by atomic mass is 19.1. The quantitative estimate of drug-likeness (QED) is 0.789. The number of rotatable bonds is 4. The van der Waals surface area contributed by atoms with Gasteiger partial charge in [0, 0.05) is 13.0 Å². The molecule has 3 rings (SSSR count). The van der Waals surface area contributed by atoms with Crippen LogP contribution in [-0.2, 0) is 13.0 Å². The Morgan fingerprint density at radius 1 is 1.14 bits per heavy atom. The van der Waals surface area contributed by atoms with E-state index in [2.05, 4.69) is 16.5 Å². The zero-order valence-corrected chi connectivity index (χ0v) is 11.9. The number of halogens is 1. The van der Waals surface area contributed by atoms with Crippen LogP contribution in [0.5, 0.6) is 5.75 Å². The molecule has 21 heavy (non-hydrogen) atoms. The molecule has 0 spiro atoms. The molecular formula is C17H17FN2O. The molecule has 0 aliphatic rings. The van der Waals surface area contributed by atoms with Crippen molar-refractivity contribution in [2.24, 2.45) is 0 Å². The lowest BCUT2D eigenvalue weighted by Gasteiger charge is -2.08. The lowest BCUT2D eigenvalue weighted by atomic mass is 10.1. The molecule has 1 aromatic heterocycles. The van der Waals surface area contributed by atoms with Crippen molar-refractivity contribution in [2.75, 3.05) is 0 Å². The van der Waals surface area contributed by atoms with E-state index in [-0.39, 0.29) is 11.6 Å². The number of phenolic OH excluding ortho intramolecular Hbond substituents is 1. The van der Waals surface area contributed by atoms with Crippen LogP contribution in [0.3, 0.4) is 0 Å². The van der Waals surface area contributed by atoms with Crippen molar-refractivity contribution in [1.29, 1.82) is 0 Å². The first-order valence-corrected chi connectivity index (χ1v) is 7.10. The number of aromatic nitrogens is 2. The predicted molar refractivity (Wildman–Crippen MR) is 80.9 cm³/mol. The van der Waals surface area contributed by atoms with Crippen LogP contribution in [0.15, 0.2) is 42.5 Å². The summed E-state index contributed by atoms with van der Waals surface area (Å²) in [4.78, 5) is 4.62. The number of aryl methyl sites for hydroxylation is 1. The van der Waals surface area contributed by atoms with Crippen LogP contribution in [0.1, 0.15) is 24.7 Å². The maximum absolute atomic E-state index is 13.5. The van der Waals surface area contributed by atoms with Gasteiger partial charge in [-0.1, -0.05) is 19.1 Å². The summed E-state index contributed by atoms with van der Waals surface area (Å²) in [6.45, 7) is 2.91. The van der Waals surface area contributed by atoms with Gasteiger partial charge in [0.25, 0.3) is 0 Å². The molecule has 1 heterocycles. The van der Waals surface area contributed by atoms with Gasteiger partial charge < -0.3 is 9.67 Å². The molecule has 0 bridgehead atoms. The van der Waals surface area contributed by atoms with E-state index in [1.54, 1.807) is 18.2 Å². The fourth-order valence-corrected chi connectivity index (χ4v) is 2.55. The van der Waals surface area contributed by atoms with E-state index in [4.69, 9.17) is 0 Å². The minimum absolute atomic E-state index is 0.240. The Balaban J connectivity index is 2.04. The average molecular weight is 284 g/mol. The van der Waals surface area contributed by atoms with E-state index in [0.717, 1.165) is 35.4 Å². The number of benzene rings is 2. The molecule has 3 nitrogen and oxygen atoms in total. The zero-order chi connectivity index (χ0) is 14.8. The molecule has 0 amide bonds. The van der Waals surface area contributed by atoms with Gasteiger partial charge in [-0.15, -0.1) is 0 Å². The molecule has 2 aromatic carbocycles. The van der Waals surface area contributed by atoms with E-state index in [1.165, 1.54) is 12.1 Å². The summed E-state index contributed by atoms with van der Waals surface area (Å²) in [5.41, 5.74) is 2.73. The number of nitrogens with zero attached hydrogens (tertiary/aromatic N) is 2. The highest BCUT2D eigenvalue weighted by Gasteiger charge is 2.11. The number of imidazole rings is 1. The van der Waals surface area contributed by atoms with Crippen LogP contribution < -0.4 is 0 Å². The second-order valence-electron chi connectivity index (χ2n) is 5.16. The predicted octanol–water partition coefficient (Wildman–Crippen LogP) is 3.88. The van der Waals surface area contributed by atoms with Gasteiger partial charge >= 0.3 is 0 Å². The fourth-order valence-electron chi connectivity index (χ4n) is 2.55. The van der Waals surface area contributed by atoms with Gasteiger partial charge in [0.05, 0.1) is 11.0 Å². The minimum atomic E-state index is -0.240. The topological polar surface area (TPSA) is 38.0 Å². The van der Waals surface area contributed by atoms with Crippen molar-refractivity contribution in [3.8, 4) is 5.75 Å². The second kappa shape index (κ2) is 5.56. The average Bonchev–Trinajstić information content (AvgIpc) is 2.79. The van der Waals surface area contributed by atoms with Crippen molar-refractivity contribution in [3.05, 3.63) is 59.7 Å². The van der Waals surface area contributed by atoms with E-state index in [0.29, 0.717) is 6.42 Å². The highest BCUT2D eigenvalue weighted by molar-refractivity contribution is 5.76. The molecule has 0 fully saturated rings. The summed E-state index contributed by atoms with van der Waals surface area (Å²) < 4.78 is 15.5. The molecule has 1 N–H and O–H groups in total. The van der Waals surface area contributed by atoms with Gasteiger partial charge in [-0.3, -0.25) is 0 Å². The Labute approximate surface area is 122 Å². The molecule has 0 atom stereocenters. The van der Waals surface area contributed by atoms with E-state index in [1.807, 2.05) is 12.1 Å². The molecule has 108 valence electrons. The number of hydrogen-bond acceptors (Lipinski definition) is 2. The van der Waals surface area contributed by atoms with E-state index in [9.17, 15) is 9.50 Å². The fraction of sp³-hybridized carbons (Fsp3) is 0.235. The number of hydrogen-bond donors (Lipinski definition) is 1. The Hall–Kier alpha value is -2.36. The largest absolute Gasteiger partial charge is 0.508 e. The lowest BCUT2D eigenvalue weighted by Crippen LogP contribution is -2.04. The van der Waals surface area contributed by atoms with Crippen LogP contribution in [-0.4, -0.2) is 14.7 Å².